The summed E-state index contributed by atoms with van der Waals surface area (Å²) >= 11 is 6.28. The number of anilines is 1. The normalized spacial score (nSPS) is 21.4. The maximum Gasteiger partial charge on any atom is 0.393 e. The van der Waals surface area contributed by atoms with Gasteiger partial charge in [0.2, 0.25) is 0 Å². The van der Waals surface area contributed by atoms with Gasteiger partial charge in [0.15, 0.2) is 0 Å². The summed E-state index contributed by atoms with van der Waals surface area (Å²) in [7, 11) is 1.85. The highest BCUT2D eigenvalue weighted by molar-refractivity contribution is 6.33. The van der Waals surface area contributed by atoms with Crippen LogP contribution in [0.3, 0.4) is 0 Å². The van der Waals surface area contributed by atoms with Gasteiger partial charge < -0.3 is 10.2 Å². The molecule has 0 aromatic heterocycles. The Kier molecular flexibility index (Phi) is 5.04. The Balaban J connectivity index is 2.18. The molecule has 0 saturated carbocycles. The van der Waals surface area contributed by atoms with E-state index in [1.807, 2.05) is 32.2 Å². The van der Waals surface area contributed by atoms with Gasteiger partial charge in [0.25, 0.3) is 0 Å². The van der Waals surface area contributed by atoms with E-state index in [4.69, 9.17) is 11.6 Å². The highest BCUT2D eigenvalue weighted by Crippen LogP contribution is 2.37. The number of hydrogen-bond donors (Lipinski definition) is 1. The van der Waals surface area contributed by atoms with E-state index in [1.54, 1.807) is 4.90 Å². The Morgan fingerprint density at radius 2 is 2.10 bits per heavy atom. The smallest absolute Gasteiger partial charge is 0.370 e. The number of nitrogens with one attached hydrogen (secondary N) is 1. The summed E-state index contributed by atoms with van der Waals surface area (Å²) in [6.45, 7) is 2.61. The van der Waals surface area contributed by atoms with E-state index in [-0.39, 0.29) is 19.0 Å². The van der Waals surface area contributed by atoms with Crippen molar-refractivity contribution in [1.29, 1.82) is 0 Å². The van der Waals surface area contributed by atoms with E-state index < -0.39 is 12.1 Å². The van der Waals surface area contributed by atoms with Crippen LogP contribution in [0.1, 0.15) is 31.4 Å². The van der Waals surface area contributed by atoms with Gasteiger partial charge in [-0.25, -0.2) is 0 Å². The molecule has 0 bridgehead atoms. The Morgan fingerprint density at radius 1 is 1.38 bits per heavy atom. The molecule has 1 aromatic rings. The SMILES string of the molecule is CNC(C)c1ccc(N2CCCC(C(F)(F)F)C2)c(Cl)c1. The first-order valence-electron chi connectivity index (χ1n) is 7.11. The van der Waals surface area contributed by atoms with Gasteiger partial charge in [-0.1, -0.05) is 17.7 Å². The lowest BCUT2D eigenvalue weighted by Gasteiger charge is -2.35. The van der Waals surface area contributed by atoms with Crippen LogP contribution in [0.2, 0.25) is 5.02 Å². The number of benzene rings is 1. The Morgan fingerprint density at radius 3 is 2.67 bits per heavy atom. The van der Waals surface area contributed by atoms with E-state index in [1.165, 1.54) is 0 Å². The molecule has 2 nitrogen and oxygen atoms in total. The van der Waals surface area contributed by atoms with Gasteiger partial charge in [-0.15, -0.1) is 0 Å². The van der Waals surface area contributed by atoms with Crippen molar-refractivity contribution in [3.63, 3.8) is 0 Å². The van der Waals surface area contributed by atoms with Gasteiger partial charge >= 0.3 is 6.18 Å². The zero-order valence-electron chi connectivity index (χ0n) is 12.2. The van der Waals surface area contributed by atoms with Crippen LogP contribution in [0.25, 0.3) is 0 Å². The van der Waals surface area contributed by atoms with Crippen LogP contribution in [-0.2, 0) is 0 Å². The molecule has 0 amide bonds. The molecule has 6 heteroatoms. The fourth-order valence-corrected chi connectivity index (χ4v) is 2.99. The van der Waals surface area contributed by atoms with Crippen molar-refractivity contribution in [2.75, 3.05) is 25.0 Å². The second-order valence-electron chi connectivity index (χ2n) is 5.55. The summed E-state index contributed by atoms with van der Waals surface area (Å²) in [5.41, 5.74) is 1.72. The molecular weight excluding hydrogens is 301 g/mol. The molecule has 2 rings (SSSR count). The lowest BCUT2D eigenvalue weighted by molar-refractivity contribution is -0.175. The molecule has 1 aliphatic rings. The van der Waals surface area contributed by atoms with Gasteiger partial charge in [-0.3, -0.25) is 0 Å². The molecule has 1 N–H and O–H groups in total. The lowest BCUT2D eigenvalue weighted by atomic mass is 9.96. The van der Waals surface area contributed by atoms with Crippen LogP contribution in [-0.4, -0.2) is 26.3 Å². The lowest BCUT2D eigenvalue weighted by Crippen LogP contribution is -2.41. The van der Waals surface area contributed by atoms with Gasteiger partial charge in [-0.05, 0) is 44.5 Å². The molecular formula is C15H20ClF3N2. The fourth-order valence-electron chi connectivity index (χ4n) is 2.68. The molecule has 2 unspecified atom stereocenters. The summed E-state index contributed by atoms with van der Waals surface area (Å²) in [4.78, 5) is 1.75. The molecule has 1 aromatic carbocycles. The van der Waals surface area contributed by atoms with Gasteiger partial charge in [0, 0.05) is 19.1 Å². The number of piperidine rings is 1. The molecule has 2 atom stereocenters. The van der Waals surface area contributed by atoms with Crippen LogP contribution >= 0.6 is 11.6 Å². The van der Waals surface area contributed by atoms with E-state index in [0.717, 1.165) is 5.56 Å². The summed E-state index contributed by atoms with van der Waals surface area (Å²) in [6, 6.07) is 5.72. The monoisotopic (exact) mass is 320 g/mol. The van der Waals surface area contributed by atoms with Crippen molar-refractivity contribution in [1.82, 2.24) is 5.32 Å². The zero-order valence-corrected chi connectivity index (χ0v) is 12.9. The minimum absolute atomic E-state index is 0.00977. The van der Waals surface area contributed by atoms with Gasteiger partial charge in [-0.2, -0.15) is 13.2 Å². The third-order valence-electron chi connectivity index (χ3n) is 4.13. The highest BCUT2D eigenvalue weighted by Gasteiger charge is 2.42. The Hall–Kier alpha value is -0.940. The van der Waals surface area contributed by atoms with Crippen LogP contribution in [0.5, 0.6) is 0 Å². The number of hydrogen-bond acceptors (Lipinski definition) is 2. The topological polar surface area (TPSA) is 15.3 Å². The van der Waals surface area contributed by atoms with Crippen molar-refractivity contribution in [3.8, 4) is 0 Å². The Bertz CT molecular complexity index is 490. The van der Waals surface area contributed by atoms with E-state index in [0.29, 0.717) is 23.7 Å². The molecule has 0 radical (unpaired) electrons. The number of alkyl halides is 3. The first-order valence-corrected chi connectivity index (χ1v) is 7.49. The maximum atomic E-state index is 12.9. The fraction of sp³-hybridized carbons (Fsp3) is 0.600. The van der Waals surface area contributed by atoms with Crippen molar-refractivity contribution in [2.24, 2.45) is 5.92 Å². The van der Waals surface area contributed by atoms with Crippen LogP contribution in [0.15, 0.2) is 18.2 Å². The number of rotatable bonds is 3. The predicted octanol–water partition coefficient (Wildman–Crippen LogP) is 4.40. The summed E-state index contributed by atoms with van der Waals surface area (Å²) < 4.78 is 38.6. The van der Waals surface area contributed by atoms with E-state index >= 15 is 0 Å². The first kappa shape index (κ1) is 16.4. The molecule has 1 aliphatic heterocycles. The van der Waals surface area contributed by atoms with E-state index in [9.17, 15) is 13.2 Å². The molecule has 1 saturated heterocycles. The van der Waals surface area contributed by atoms with Crippen molar-refractivity contribution in [2.45, 2.75) is 32.0 Å². The molecule has 21 heavy (non-hydrogen) atoms. The van der Waals surface area contributed by atoms with Crippen LogP contribution in [0.4, 0.5) is 18.9 Å². The summed E-state index contributed by atoms with van der Waals surface area (Å²) in [5.74, 6) is -1.27. The van der Waals surface area contributed by atoms with Gasteiger partial charge in [0.05, 0.1) is 16.6 Å². The molecule has 1 heterocycles. The largest absolute Gasteiger partial charge is 0.393 e. The first-order chi connectivity index (χ1) is 9.82. The van der Waals surface area contributed by atoms with E-state index in [2.05, 4.69) is 5.32 Å². The second kappa shape index (κ2) is 6.44. The Labute approximate surface area is 128 Å². The van der Waals surface area contributed by atoms with Crippen molar-refractivity contribution < 1.29 is 13.2 Å². The summed E-state index contributed by atoms with van der Waals surface area (Å²) in [5, 5.41) is 3.62. The highest BCUT2D eigenvalue weighted by atomic mass is 35.5. The van der Waals surface area contributed by atoms with Crippen molar-refractivity contribution >= 4 is 17.3 Å². The molecule has 118 valence electrons. The molecule has 1 fully saturated rings. The number of halogens is 4. The molecule has 0 spiro atoms. The standard InChI is InChI=1S/C15H20ClF3N2/c1-10(20-2)11-5-6-14(13(16)8-11)21-7-3-4-12(9-21)15(17,18)19/h5-6,8,10,12,20H,3-4,7,9H2,1-2H3. The maximum absolute atomic E-state index is 12.9. The van der Waals surface area contributed by atoms with Crippen LogP contribution in [0, 0.1) is 5.92 Å². The minimum atomic E-state index is -4.13. The molecule has 0 aliphatic carbocycles. The summed E-state index contributed by atoms with van der Waals surface area (Å²) in [6.07, 6.45) is -3.40. The zero-order chi connectivity index (χ0) is 15.6. The third-order valence-corrected chi connectivity index (χ3v) is 4.43. The average molecular weight is 321 g/mol. The minimum Gasteiger partial charge on any atom is -0.370 e. The van der Waals surface area contributed by atoms with Gasteiger partial charge in [0.1, 0.15) is 0 Å². The third kappa shape index (κ3) is 3.83. The average Bonchev–Trinajstić information content (AvgIpc) is 2.45. The van der Waals surface area contributed by atoms with Crippen LogP contribution < -0.4 is 10.2 Å². The van der Waals surface area contributed by atoms with Crippen molar-refractivity contribution in [3.05, 3.63) is 28.8 Å². The number of nitrogens with zero attached hydrogens (tertiary/aromatic N) is 1. The quantitative estimate of drug-likeness (QED) is 0.888. The predicted molar refractivity (Wildman–Crippen MR) is 79.9 cm³/mol. The second-order valence-corrected chi connectivity index (χ2v) is 5.96.